The fourth-order valence-electron chi connectivity index (χ4n) is 1.47. The van der Waals surface area contributed by atoms with Crippen molar-refractivity contribution in [2.75, 3.05) is 0 Å². The van der Waals surface area contributed by atoms with Gasteiger partial charge in [0.2, 0.25) is 0 Å². The van der Waals surface area contributed by atoms with Crippen molar-refractivity contribution in [3.05, 3.63) is 29.6 Å². The third kappa shape index (κ3) is 2.28. The van der Waals surface area contributed by atoms with E-state index in [4.69, 9.17) is 0 Å². The van der Waals surface area contributed by atoms with Crippen LogP contribution in [0, 0.1) is 12.8 Å². The van der Waals surface area contributed by atoms with Crippen LogP contribution in [0.5, 0.6) is 0 Å². The second kappa shape index (κ2) is 3.46. The van der Waals surface area contributed by atoms with Gasteiger partial charge in [-0.3, -0.25) is 4.98 Å². The lowest BCUT2D eigenvalue weighted by Gasteiger charge is -2.08. The summed E-state index contributed by atoms with van der Waals surface area (Å²) in [5.41, 5.74) is 1.96. The minimum absolute atomic E-state index is 0.354. The van der Waals surface area contributed by atoms with E-state index in [0.29, 0.717) is 0 Å². The second-order valence-corrected chi connectivity index (χ2v) is 3.96. The summed E-state index contributed by atoms with van der Waals surface area (Å²) in [4.78, 5) is 4.21. The zero-order valence-electron chi connectivity index (χ0n) is 7.90. The molecule has 0 spiro atoms. The summed E-state index contributed by atoms with van der Waals surface area (Å²) in [6.07, 6.45) is 4.90. The van der Waals surface area contributed by atoms with Crippen molar-refractivity contribution >= 4 is 0 Å². The van der Waals surface area contributed by atoms with Crippen molar-refractivity contribution < 1.29 is 5.11 Å². The third-order valence-electron chi connectivity index (χ3n) is 2.53. The first-order chi connectivity index (χ1) is 6.25. The zero-order chi connectivity index (χ0) is 9.26. The van der Waals surface area contributed by atoms with E-state index in [-0.39, 0.29) is 6.10 Å². The average molecular weight is 177 g/mol. The maximum atomic E-state index is 9.76. The molecular weight excluding hydrogens is 162 g/mol. The van der Waals surface area contributed by atoms with E-state index < -0.39 is 0 Å². The van der Waals surface area contributed by atoms with Crippen molar-refractivity contribution in [3.8, 4) is 0 Å². The van der Waals surface area contributed by atoms with Gasteiger partial charge in [-0.1, -0.05) is 18.9 Å². The van der Waals surface area contributed by atoms with Crippen molar-refractivity contribution in [3.63, 3.8) is 0 Å². The van der Waals surface area contributed by atoms with E-state index in [0.717, 1.165) is 23.6 Å². The number of hydrogen-bond acceptors (Lipinski definition) is 2. The topological polar surface area (TPSA) is 33.1 Å². The zero-order valence-corrected chi connectivity index (χ0v) is 7.90. The van der Waals surface area contributed by atoms with Crippen molar-refractivity contribution in [1.29, 1.82) is 0 Å². The molecule has 1 atom stereocenters. The lowest BCUT2D eigenvalue weighted by atomic mass is 10.1. The van der Waals surface area contributed by atoms with E-state index >= 15 is 0 Å². The highest BCUT2D eigenvalue weighted by Crippen LogP contribution is 2.37. The number of aliphatic hydroxyl groups is 1. The SMILES string of the molecule is Cc1ccc(C(O)CC2CC2)nc1. The van der Waals surface area contributed by atoms with Gasteiger partial charge in [-0.15, -0.1) is 0 Å². The molecule has 1 heterocycles. The lowest BCUT2D eigenvalue weighted by Crippen LogP contribution is -2.01. The Labute approximate surface area is 78.6 Å². The number of aliphatic hydroxyl groups excluding tert-OH is 1. The minimum Gasteiger partial charge on any atom is -0.387 e. The standard InChI is InChI=1S/C11H15NO/c1-8-2-5-10(12-7-8)11(13)6-9-3-4-9/h2,5,7,9,11,13H,3-4,6H2,1H3. The summed E-state index contributed by atoms with van der Waals surface area (Å²) < 4.78 is 0. The summed E-state index contributed by atoms with van der Waals surface area (Å²) in [7, 11) is 0. The molecule has 0 aromatic carbocycles. The van der Waals surface area contributed by atoms with E-state index in [1.54, 1.807) is 0 Å². The highest BCUT2D eigenvalue weighted by Gasteiger charge is 2.25. The molecule has 1 aliphatic carbocycles. The Hall–Kier alpha value is -0.890. The molecule has 13 heavy (non-hydrogen) atoms. The van der Waals surface area contributed by atoms with Gasteiger partial charge in [0.1, 0.15) is 0 Å². The van der Waals surface area contributed by atoms with Crippen LogP contribution in [0.1, 0.15) is 36.6 Å². The van der Waals surface area contributed by atoms with Crippen molar-refractivity contribution in [2.24, 2.45) is 5.92 Å². The Bertz CT molecular complexity index is 277. The average Bonchev–Trinajstić information content (AvgIpc) is 2.89. The van der Waals surface area contributed by atoms with Crippen LogP contribution in [-0.2, 0) is 0 Å². The fraction of sp³-hybridized carbons (Fsp3) is 0.545. The normalized spacial score (nSPS) is 18.6. The van der Waals surface area contributed by atoms with Crippen LogP contribution in [0.3, 0.4) is 0 Å². The number of nitrogens with zero attached hydrogens (tertiary/aromatic N) is 1. The number of aryl methyl sites for hydroxylation is 1. The molecular formula is C11H15NO. The molecule has 1 fully saturated rings. The predicted octanol–water partition coefficient (Wildman–Crippen LogP) is 2.22. The van der Waals surface area contributed by atoms with E-state index in [1.807, 2.05) is 25.3 Å². The van der Waals surface area contributed by atoms with Crippen molar-refractivity contribution in [2.45, 2.75) is 32.3 Å². The predicted molar refractivity (Wildman–Crippen MR) is 51.3 cm³/mol. The maximum Gasteiger partial charge on any atom is 0.0962 e. The highest BCUT2D eigenvalue weighted by molar-refractivity contribution is 5.14. The Morgan fingerprint density at radius 2 is 2.31 bits per heavy atom. The fourth-order valence-corrected chi connectivity index (χ4v) is 1.47. The summed E-state index contributed by atoms with van der Waals surface area (Å²) >= 11 is 0. The van der Waals surface area contributed by atoms with Gasteiger partial charge >= 0.3 is 0 Å². The van der Waals surface area contributed by atoms with Gasteiger partial charge in [0.05, 0.1) is 11.8 Å². The molecule has 1 unspecified atom stereocenters. The Morgan fingerprint density at radius 1 is 1.54 bits per heavy atom. The lowest BCUT2D eigenvalue weighted by molar-refractivity contribution is 0.155. The Balaban J connectivity index is 2.01. The van der Waals surface area contributed by atoms with Gasteiger partial charge in [0.15, 0.2) is 0 Å². The monoisotopic (exact) mass is 177 g/mol. The van der Waals surface area contributed by atoms with Gasteiger partial charge in [-0.05, 0) is 30.9 Å². The minimum atomic E-state index is -0.354. The first-order valence-corrected chi connectivity index (χ1v) is 4.86. The van der Waals surface area contributed by atoms with Crippen LogP contribution in [0.2, 0.25) is 0 Å². The molecule has 2 heteroatoms. The Kier molecular flexibility index (Phi) is 2.32. The van der Waals surface area contributed by atoms with Crippen LogP contribution in [0.25, 0.3) is 0 Å². The maximum absolute atomic E-state index is 9.76. The van der Waals surface area contributed by atoms with E-state index in [2.05, 4.69) is 4.98 Å². The van der Waals surface area contributed by atoms with E-state index in [9.17, 15) is 5.11 Å². The van der Waals surface area contributed by atoms with Gasteiger partial charge < -0.3 is 5.11 Å². The number of rotatable bonds is 3. The first-order valence-electron chi connectivity index (χ1n) is 4.86. The van der Waals surface area contributed by atoms with Gasteiger partial charge in [-0.2, -0.15) is 0 Å². The quantitative estimate of drug-likeness (QED) is 0.768. The molecule has 0 radical (unpaired) electrons. The summed E-state index contributed by atoms with van der Waals surface area (Å²) in [5, 5.41) is 9.76. The molecule has 0 saturated heterocycles. The molecule has 70 valence electrons. The third-order valence-corrected chi connectivity index (χ3v) is 2.53. The Morgan fingerprint density at radius 3 is 2.85 bits per heavy atom. The van der Waals surface area contributed by atoms with Gasteiger partial charge in [-0.25, -0.2) is 0 Å². The highest BCUT2D eigenvalue weighted by atomic mass is 16.3. The molecule has 0 aliphatic heterocycles. The smallest absolute Gasteiger partial charge is 0.0962 e. The summed E-state index contributed by atoms with van der Waals surface area (Å²) in [6.45, 7) is 2.00. The molecule has 1 aliphatic rings. The molecule has 2 rings (SSSR count). The number of aromatic nitrogens is 1. The van der Waals surface area contributed by atoms with Crippen LogP contribution in [0.15, 0.2) is 18.3 Å². The molecule has 0 amide bonds. The van der Waals surface area contributed by atoms with Crippen LogP contribution >= 0.6 is 0 Å². The van der Waals surface area contributed by atoms with Crippen LogP contribution in [-0.4, -0.2) is 10.1 Å². The molecule has 1 aromatic rings. The van der Waals surface area contributed by atoms with Crippen molar-refractivity contribution in [1.82, 2.24) is 4.98 Å². The van der Waals surface area contributed by atoms with Crippen LogP contribution < -0.4 is 0 Å². The number of hydrogen-bond donors (Lipinski definition) is 1. The summed E-state index contributed by atoms with van der Waals surface area (Å²) in [6, 6.07) is 3.92. The van der Waals surface area contributed by atoms with Gasteiger partial charge in [0.25, 0.3) is 0 Å². The molecule has 1 N–H and O–H groups in total. The molecule has 1 saturated carbocycles. The molecule has 0 bridgehead atoms. The summed E-state index contributed by atoms with van der Waals surface area (Å²) in [5.74, 6) is 0.748. The second-order valence-electron chi connectivity index (χ2n) is 3.96. The van der Waals surface area contributed by atoms with E-state index in [1.165, 1.54) is 12.8 Å². The van der Waals surface area contributed by atoms with Gasteiger partial charge in [0, 0.05) is 6.20 Å². The molecule has 1 aromatic heterocycles. The molecule has 2 nitrogen and oxygen atoms in total. The number of pyridine rings is 1. The largest absolute Gasteiger partial charge is 0.387 e. The first kappa shape index (κ1) is 8.70. The van der Waals surface area contributed by atoms with Crippen LogP contribution in [0.4, 0.5) is 0 Å².